The summed E-state index contributed by atoms with van der Waals surface area (Å²) in [5, 5.41) is 13.0. The molecule has 0 bridgehead atoms. The van der Waals surface area contributed by atoms with Gasteiger partial charge in [0.05, 0.1) is 11.6 Å². The highest BCUT2D eigenvalue weighted by Gasteiger charge is 2.31. The first kappa shape index (κ1) is 14.4. The lowest BCUT2D eigenvalue weighted by Crippen LogP contribution is -2.31. The summed E-state index contributed by atoms with van der Waals surface area (Å²) in [5.41, 5.74) is 2.19. The van der Waals surface area contributed by atoms with Crippen molar-refractivity contribution in [2.75, 3.05) is 6.54 Å². The second kappa shape index (κ2) is 6.41. The summed E-state index contributed by atoms with van der Waals surface area (Å²) in [4.78, 5) is 0. The van der Waals surface area contributed by atoms with Gasteiger partial charge >= 0.3 is 0 Å². The summed E-state index contributed by atoms with van der Waals surface area (Å²) in [5.74, 6) is 0. The van der Waals surface area contributed by atoms with Crippen LogP contribution in [0.2, 0.25) is 5.02 Å². The molecule has 0 heterocycles. The number of nitriles is 1. The smallest absolute Gasteiger partial charge is 0.0992 e. The fourth-order valence-corrected chi connectivity index (χ4v) is 3.25. The molecule has 0 aromatic heterocycles. The first-order valence-corrected chi connectivity index (χ1v) is 7.46. The van der Waals surface area contributed by atoms with E-state index in [1.54, 1.807) is 6.07 Å². The van der Waals surface area contributed by atoms with Crippen LogP contribution in [-0.4, -0.2) is 6.54 Å². The summed E-state index contributed by atoms with van der Waals surface area (Å²) in [7, 11) is 0. The van der Waals surface area contributed by atoms with Crippen LogP contribution >= 0.6 is 11.6 Å². The molecule has 0 aliphatic heterocycles. The quantitative estimate of drug-likeness (QED) is 0.872. The molecule has 0 spiro atoms. The van der Waals surface area contributed by atoms with Gasteiger partial charge in [-0.2, -0.15) is 5.26 Å². The molecule has 1 aliphatic carbocycles. The van der Waals surface area contributed by atoms with Gasteiger partial charge < -0.3 is 5.32 Å². The molecule has 0 amide bonds. The molecule has 19 heavy (non-hydrogen) atoms. The average molecular weight is 277 g/mol. The van der Waals surface area contributed by atoms with Crippen molar-refractivity contribution in [1.29, 1.82) is 5.26 Å². The molecule has 1 fully saturated rings. The Labute approximate surface area is 120 Å². The SMILES string of the molecule is CCC1(CNCc2ccc(C#N)cc2Cl)CCCC1. The number of hydrogen-bond acceptors (Lipinski definition) is 2. The Morgan fingerprint density at radius 3 is 2.68 bits per heavy atom. The zero-order valence-electron chi connectivity index (χ0n) is 11.5. The van der Waals surface area contributed by atoms with E-state index in [0.29, 0.717) is 16.0 Å². The van der Waals surface area contributed by atoms with Gasteiger partial charge in [0.1, 0.15) is 0 Å². The predicted molar refractivity (Wildman–Crippen MR) is 79.1 cm³/mol. The van der Waals surface area contributed by atoms with E-state index in [-0.39, 0.29) is 0 Å². The largest absolute Gasteiger partial charge is 0.312 e. The van der Waals surface area contributed by atoms with Crippen LogP contribution in [0, 0.1) is 16.7 Å². The Morgan fingerprint density at radius 2 is 2.11 bits per heavy atom. The minimum absolute atomic E-state index is 0.499. The fraction of sp³-hybridized carbons (Fsp3) is 0.562. The molecule has 0 atom stereocenters. The van der Waals surface area contributed by atoms with Crippen LogP contribution in [0.1, 0.15) is 50.2 Å². The summed E-state index contributed by atoms with van der Waals surface area (Å²) in [6.07, 6.45) is 6.68. The maximum atomic E-state index is 8.81. The molecule has 1 N–H and O–H groups in total. The van der Waals surface area contributed by atoms with Gasteiger partial charge in [-0.1, -0.05) is 37.4 Å². The third-order valence-electron chi connectivity index (χ3n) is 4.41. The van der Waals surface area contributed by atoms with Crippen molar-refractivity contribution in [1.82, 2.24) is 5.32 Å². The van der Waals surface area contributed by atoms with Crippen LogP contribution in [0.3, 0.4) is 0 Å². The van der Waals surface area contributed by atoms with Crippen LogP contribution in [0.5, 0.6) is 0 Å². The van der Waals surface area contributed by atoms with Crippen LogP contribution in [0.15, 0.2) is 18.2 Å². The first-order chi connectivity index (χ1) is 9.19. The molecule has 0 unspecified atom stereocenters. The molecule has 102 valence electrons. The average Bonchev–Trinajstić information content (AvgIpc) is 2.90. The van der Waals surface area contributed by atoms with E-state index in [1.165, 1.54) is 32.1 Å². The van der Waals surface area contributed by atoms with E-state index >= 15 is 0 Å². The van der Waals surface area contributed by atoms with Crippen LogP contribution < -0.4 is 5.32 Å². The molecular formula is C16H21ClN2. The molecule has 0 radical (unpaired) electrons. The highest BCUT2D eigenvalue weighted by Crippen LogP contribution is 2.40. The zero-order valence-corrected chi connectivity index (χ0v) is 12.3. The minimum Gasteiger partial charge on any atom is -0.312 e. The number of benzene rings is 1. The summed E-state index contributed by atoms with van der Waals surface area (Å²) in [6.45, 7) is 4.15. The molecular weight excluding hydrogens is 256 g/mol. The van der Waals surface area contributed by atoms with E-state index in [2.05, 4.69) is 18.3 Å². The van der Waals surface area contributed by atoms with Crippen molar-refractivity contribution in [3.05, 3.63) is 34.3 Å². The van der Waals surface area contributed by atoms with E-state index in [4.69, 9.17) is 16.9 Å². The van der Waals surface area contributed by atoms with Crippen molar-refractivity contribution < 1.29 is 0 Å². The van der Waals surface area contributed by atoms with E-state index in [1.807, 2.05) is 12.1 Å². The Balaban J connectivity index is 1.91. The second-order valence-corrected chi connectivity index (χ2v) is 5.99. The lowest BCUT2D eigenvalue weighted by atomic mass is 9.83. The molecule has 0 saturated heterocycles. The standard InChI is InChI=1S/C16H21ClN2/c1-2-16(7-3-4-8-16)12-19-11-14-6-5-13(10-18)9-15(14)17/h5-6,9,19H,2-4,7-8,11-12H2,1H3. The number of nitrogens with zero attached hydrogens (tertiary/aromatic N) is 1. The maximum Gasteiger partial charge on any atom is 0.0992 e. The van der Waals surface area contributed by atoms with Gasteiger partial charge in [-0.3, -0.25) is 0 Å². The summed E-state index contributed by atoms with van der Waals surface area (Å²) >= 11 is 6.18. The summed E-state index contributed by atoms with van der Waals surface area (Å²) < 4.78 is 0. The third kappa shape index (κ3) is 3.49. The van der Waals surface area contributed by atoms with Crippen molar-refractivity contribution in [2.24, 2.45) is 5.41 Å². The molecule has 1 aromatic rings. The van der Waals surface area contributed by atoms with Gasteiger partial charge in [-0.05, 0) is 42.4 Å². The first-order valence-electron chi connectivity index (χ1n) is 7.08. The molecule has 2 rings (SSSR count). The number of hydrogen-bond donors (Lipinski definition) is 1. The lowest BCUT2D eigenvalue weighted by molar-refractivity contribution is 0.268. The van der Waals surface area contributed by atoms with Crippen molar-refractivity contribution in [3.63, 3.8) is 0 Å². The topological polar surface area (TPSA) is 35.8 Å². The Hall–Kier alpha value is -1.04. The zero-order chi connectivity index (χ0) is 13.7. The maximum absolute atomic E-state index is 8.81. The normalized spacial score (nSPS) is 17.3. The van der Waals surface area contributed by atoms with Crippen molar-refractivity contribution in [3.8, 4) is 6.07 Å². The van der Waals surface area contributed by atoms with Crippen molar-refractivity contribution >= 4 is 11.6 Å². The van der Waals surface area contributed by atoms with E-state index in [0.717, 1.165) is 18.7 Å². The van der Waals surface area contributed by atoms with Gasteiger partial charge in [0.15, 0.2) is 0 Å². The van der Waals surface area contributed by atoms with Gasteiger partial charge in [-0.25, -0.2) is 0 Å². The minimum atomic E-state index is 0.499. The molecule has 1 saturated carbocycles. The molecule has 1 aromatic carbocycles. The van der Waals surface area contributed by atoms with Crippen molar-refractivity contribution in [2.45, 2.75) is 45.6 Å². The van der Waals surface area contributed by atoms with Crippen LogP contribution in [-0.2, 0) is 6.54 Å². The predicted octanol–water partition coefficient (Wildman–Crippen LogP) is 4.27. The Kier molecular flexibility index (Phi) is 4.85. The Bertz CT molecular complexity index is 470. The third-order valence-corrected chi connectivity index (χ3v) is 4.76. The van der Waals surface area contributed by atoms with E-state index in [9.17, 15) is 0 Å². The lowest BCUT2D eigenvalue weighted by Gasteiger charge is -2.28. The monoisotopic (exact) mass is 276 g/mol. The highest BCUT2D eigenvalue weighted by molar-refractivity contribution is 6.31. The van der Waals surface area contributed by atoms with Gasteiger partial charge in [0.25, 0.3) is 0 Å². The molecule has 2 nitrogen and oxygen atoms in total. The fourth-order valence-electron chi connectivity index (χ4n) is 3.00. The number of rotatable bonds is 5. The Morgan fingerprint density at radius 1 is 1.37 bits per heavy atom. The van der Waals surface area contributed by atoms with Crippen LogP contribution in [0.25, 0.3) is 0 Å². The van der Waals surface area contributed by atoms with E-state index < -0.39 is 0 Å². The molecule has 1 aliphatic rings. The van der Waals surface area contributed by atoms with Gasteiger partial charge in [-0.15, -0.1) is 0 Å². The van der Waals surface area contributed by atoms with Crippen LogP contribution in [0.4, 0.5) is 0 Å². The number of nitrogens with one attached hydrogen (secondary N) is 1. The highest BCUT2D eigenvalue weighted by atomic mass is 35.5. The number of halogens is 1. The van der Waals surface area contributed by atoms with Gasteiger partial charge in [0, 0.05) is 18.1 Å². The molecule has 3 heteroatoms. The summed E-state index contributed by atoms with van der Waals surface area (Å²) in [6, 6.07) is 7.62. The second-order valence-electron chi connectivity index (χ2n) is 5.58. The van der Waals surface area contributed by atoms with Gasteiger partial charge in [0.2, 0.25) is 0 Å².